The van der Waals surface area contributed by atoms with E-state index >= 15 is 0 Å². The van der Waals surface area contributed by atoms with E-state index < -0.39 is 29.1 Å². The summed E-state index contributed by atoms with van der Waals surface area (Å²) in [4.78, 5) is 40.4. The van der Waals surface area contributed by atoms with Gasteiger partial charge >= 0.3 is 11.9 Å². The predicted octanol–water partition coefficient (Wildman–Crippen LogP) is 1.66. The molecule has 1 aliphatic carbocycles. The first-order valence-electron chi connectivity index (χ1n) is 11.2. The van der Waals surface area contributed by atoms with Crippen LogP contribution in [0.1, 0.15) is 59.3 Å². The van der Waals surface area contributed by atoms with Crippen LogP contribution in [0, 0.1) is 29.1 Å². The quantitative estimate of drug-likeness (QED) is 0.703. The Morgan fingerprint density at radius 3 is 2.55 bits per heavy atom. The molecule has 160 valence electrons. The molecule has 0 aromatic carbocycles. The van der Waals surface area contributed by atoms with Gasteiger partial charge in [-0.1, -0.05) is 27.2 Å². The first-order chi connectivity index (χ1) is 13.8. The summed E-state index contributed by atoms with van der Waals surface area (Å²) in [5, 5.41) is 12.3. The van der Waals surface area contributed by atoms with Crippen LogP contribution in [0.4, 0.5) is 0 Å². The number of carbonyl (C=O) groups is 3. The van der Waals surface area contributed by atoms with Crippen molar-refractivity contribution >= 4 is 17.8 Å². The zero-order valence-corrected chi connectivity index (χ0v) is 17.4. The molecule has 4 aliphatic heterocycles. The number of amides is 1. The van der Waals surface area contributed by atoms with Crippen molar-refractivity contribution in [3.8, 4) is 0 Å². The van der Waals surface area contributed by atoms with Gasteiger partial charge in [0.15, 0.2) is 0 Å². The van der Waals surface area contributed by atoms with Crippen molar-refractivity contribution in [1.29, 1.82) is 0 Å². The first kappa shape index (κ1) is 19.3. The summed E-state index contributed by atoms with van der Waals surface area (Å²) in [6.45, 7) is 6.31. The Morgan fingerprint density at radius 1 is 1.14 bits per heavy atom. The lowest BCUT2D eigenvalue weighted by Crippen LogP contribution is -2.69. The minimum Gasteiger partial charge on any atom is -0.461 e. The monoisotopic (exact) mass is 405 g/mol. The Balaban J connectivity index is 1.63. The van der Waals surface area contributed by atoms with Crippen LogP contribution >= 0.6 is 0 Å². The molecule has 5 fully saturated rings. The van der Waals surface area contributed by atoms with E-state index in [1.165, 1.54) is 0 Å². The van der Waals surface area contributed by atoms with E-state index in [0.717, 1.165) is 12.8 Å². The number of carbonyl (C=O) groups excluding carboxylic acids is 3. The van der Waals surface area contributed by atoms with Crippen LogP contribution < -0.4 is 0 Å². The van der Waals surface area contributed by atoms with Crippen LogP contribution in [0.2, 0.25) is 0 Å². The van der Waals surface area contributed by atoms with Crippen molar-refractivity contribution in [1.82, 2.24) is 4.90 Å². The number of cyclic esters (lactones) is 1. The van der Waals surface area contributed by atoms with Gasteiger partial charge in [-0.05, 0) is 25.7 Å². The van der Waals surface area contributed by atoms with Gasteiger partial charge in [0.05, 0.1) is 28.9 Å². The third-order valence-electron chi connectivity index (χ3n) is 8.78. The van der Waals surface area contributed by atoms with E-state index in [2.05, 4.69) is 0 Å². The topological polar surface area (TPSA) is 93.1 Å². The highest BCUT2D eigenvalue weighted by molar-refractivity contribution is 5.89. The Kier molecular flexibility index (Phi) is 4.13. The Hall–Kier alpha value is -1.63. The lowest BCUT2D eigenvalue weighted by Gasteiger charge is -2.55. The fourth-order valence-corrected chi connectivity index (χ4v) is 7.53. The highest BCUT2D eigenvalue weighted by Gasteiger charge is 2.78. The van der Waals surface area contributed by atoms with Crippen LogP contribution in [0.15, 0.2) is 0 Å². The van der Waals surface area contributed by atoms with Gasteiger partial charge in [0, 0.05) is 24.8 Å². The number of rotatable bonds is 2. The molecule has 0 unspecified atom stereocenters. The third kappa shape index (κ3) is 2.20. The predicted molar refractivity (Wildman–Crippen MR) is 101 cm³/mol. The van der Waals surface area contributed by atoms with Gasteiger partial charge in [-0.25, -0.2) is 0 Å². The second-order valence-electron chi connectivity index (χ2n) is 9.97. The fourth-order valence-electron chi connectivity index (χ4n) is 7.53. The van der Waals surface area contributed by atoms with E-state index in [1.807, 2.05) is 25.7 Å². The molecule has 5 rings (SSSR count). The first-order valence-corrected chi connectivity index (χ1v) is 11.2. The molecule has 4 heterocycles. The molecule has 0 aromatic rings. The van der Waals surface area contributed by atoms with Crippen LogP contribution in [0.25, 0.3) is 0 Å². The largest absolute Gasteiger partial charge is 0.461 e. The van der Waals surface area contributed by atoms with Crippen LogP contribution in [0.3, 0.4) is 0 Å². The van der Waals surface area contributed by atoms with Crippen LogP contribution in [-0.2, 0) is 23.9 Å². The van der Waals surface area contributed by atoms with Crippen molar-refractivity contribution in [3.63, 3.8) is 0 Å². The molecule has 2 bridgehead atoms. The fraction of sp³-hybridized carbons (Fsp3) is 0.864. The average Bonchev–Trinajstić information content (AvgIpc) is 3.19. The molecule has 1 saturated carbocycles. The maximum absolute atomic E-state index is 14.0. The van der Waals surface area contributed by atoms with Gasteiger partial charge in [-0.15, -0.1) is 0 Å². The maximum atomic E-state index is 14.0. The number of fused-ring (bicyclic) bond motifs is 3. The molecule has 0 aromatic heterocycles. The zero-order chi connectivity index (χ0) is 20.7. The summed E-state index contributed by atoms with van der Waals surface area (Å²) in [6, 6.07) is -0.341. The molecule has 9 atom stereocenters. The second-order valence-corrected chi connectivity index (χ2v) is 9.97. The molecular weight excluding hydrogens is 374 g/mol. The van der Waals surface area contributed by atoms with Crippen LogP contribution in [-0.4, -0.2) is 58.2 Å². The number of aliphatic hydroxyl groups is 1. The smallest absolute Gasteiger partial charge is 0.309 e. The normalized spacial score (nSPS) is 51.4. The summed E-state index contributed by atoms with van der Waals surface area (Å²) in [5.41, 5.74) is -2.22. The molecule has 0 radical (unpaired) electrons. The number of piperidine rings is 1. The zero-order valence-electron chi connectivity index (χ0n) is 17.4. The third-order valence-corrected chi connectivity index (χ3v) is 8.78. The minimum atomic E-state index is -1.31. The van der Waals surface area contributed by atoms with Gasteiger partial charge in [0.25, 0.3) is 0 Å². The van der Waals surface area contributed by atoms with Crippen molar-refractivity contribution in [2.45, 2.75) is 83.1 Å². The molecule has 1 N–H and O–H groups in total. The summed E-state index contributed by atoms with van der Waals surface area (Å²) < 4.78 is 11.4. The highest BCUT2D eigenvalue weighted by atomic mass is 16.6. The van der Waals surface area contributed by atoms with E-state index in [-0.39, 0.29) is 41.6 Å². The summed E-state index contributed by atoms with van der Waals surface area (Å²) in [7, 11) is 0. The van der Waals surface area contributed by atoms with E-state index in [4.69, 9.17) is 9.47 Å². The summed E-state index contributed by atoms with van der Waals surface area (Å²) in [5.74, 6) is -1.72. The average molecular weight is 405 g/mol. The highest BCUT2D eigenvalue weighted by Crippen LogP contribution is 2.67. The second kappa shape index (κ2) is 6.19. The van der Waals surface area contributed by atoms with Gasteiger partial charge in [-0.2, -0.15) is 0 Å². The Morgan fingerprint density at radius 2 is 1.90 bits per heavy atom. The molecule has 4 saturated heterocycles. The van der Waals surface area contributed by atoms with E-state index in [0.29, 0.717) is 32.2 Å². The molecular formula is C22H31NO6. The Bertz CT molecular complexity index is 768. The molecule has 7 heteroatoms. The lowest BCUT2D eigenvalue weighted by molar-refractivity contribution is -0.200. The van der Waals surface area contributed by atoms with E-state index in [9.17, 15) is 19.5 Å². The van der Waals surface area contributed by atoms with Gasteiger partial charge in [0.2, 0.25) is 5.91 Å². The number of hydrogen-bond donors (Lipinski definition) is 1. The molecule has 1 amide bonds. The van der Waals surface area contributed by atoms with Crippen molar-refractivity contribution in [3.05, 3.63) is 0 Å². The number of esters is 2. The molecule has 1 spiro atoms. The van der Waals surface area contributed by atoms with Crippen molar-refractivity contribution in [2.75, 3.05) is 6.54 Å². The number of hydrogen-bond acceptors (Lipinski definition) is 6. The number of ether oxygens (including phenoxy) is 2. The van der Waals surface area contributed by atoms with Crippen LogP contribution in [0.5, 0.6) is 0 Å². The van der Waals surface area contributed by atoms with Crippen molar-refractivity contribution in [2.24, 2.45) is 29.1 Å². The minimum absolute atomic E-state index is 0.0196. The van der Waals surface area contributed by atoms with Crippen molar-refractivity contribution < 1.29 is 29.0 Å². The Labute approximate surface area is 171 Å². The molecule has 7 nitrogen and oxygen atoms in total. The van der Waals surface area contributed by atoms with Gasteiger partial charge in [-0.3, -0.25) is 14.4 Å². The molecule has 5 aliphatic rings. The lowest BCUT2D eigenvalue weighted by atomic mass is 9.58. The SMILES string of the molecule is CC[C@H]1[C@@H]2OC(=O)[C@H](C)[C@@H]2[C@]2(O)C[C@H]([C@@H]3C[C@H](C)C(=O)O3)N3CCCC[C@@]12C3=O. The summed E-state index contributed by atoms with van der Waals surface area (Å²) >= 11 is 0. The summed E-state index contributed by atoms with van der Waals surface area (Å²) in [6.07, 6.45) is 3.14. The molecule has 29 heavy (non-hydrogen) atoms. The van der Waals surface area contributed by atoms with E-state index in [1.54, 1.807) is 0 Å². The standard InChI is InChI=1S/C22H31NO6/c1-4-13-17-16(12(3)19(25)29-17)22(27)10-14(15-9-11(2)18(24)28-15)23-8-6-5-7-21(13,22)20(23)26/h11-17,27H,4-10H2,1-3H3/t11-,12+,13-,14+,15-,16-,17-,21-,22+/m0/s1. The number of nitrogens with zero attached hydrogens (tertiary/aromatic N) is 1. The maximum Gasteiger partial charge on any atom is 0.309 e. The van der Waals surface area contributed by atoms with Gasteiger partial charge < -0.3 is 19.5 Å². The van der Waals surface area contributed by atoms with Gasteiger partial charge in [0.1, 0.15) is 12.2 Å².